The van der Waals surface area contributed by atoms with Crippen molar-refractivity contribution in [3.8, 4) is 0 Å². The van der Waals surface area contributed by atoms with Gasteiger partial charge in [-0.1, -0.05) is 36.4 Å². The molecule has 0 aliphatic rings. The van der Waals surface area contributed by atoms with Crippen LogP contribution in [0.2, 0.25) is 0 Å². The Hall–Kier alpha value is -1.12. The van der Waals surface area contributed by atoms with Crippen LogP contribution in [0.3, 0.4) is 0 Å². The number of rotatable bonds is 0. The van der Waals surface area contributed by atoms with Gasteiger partial charge < -0.3 is 0 Å². The fourth-order valence-electron chi connectivity index (χ4n) is 1.48. The average molecular weight is 244 g/mol. The van der Waals surface area contributed by atoms with Gasteiger partial charge in [0.05, 0.1) is 0 Å². The molecule has 0 aromatic heterocycles. The first-order valence-electron chi connectivity index (χ1n) is 5.01. The van der Waals surface area contributed by atoms with E-state index in [0.29, 0.717) is 0 Å². The molecule has 0 aliphatic carbocycles. The molecule has 2 heteroatoms. The van der Waals surface area contributed by atoms with Crippen LogP contribution >= 0.6 is 25.3 Å². The van der Waals surface area contributed by atoms with Crippen LogP contribution in [0.4, 0.5) is 0 Å². The van der Waals surface area contributed by atoms with E-state index in [1.54, 1.807) is 0 Å². The highest BCUT2D eigenvalue weighted by Crippen LogP contribution is 2.16. The summed E-state index contributed by atoms with van der Waals surface area (Å²) in [5.41, 5.74) is 0. The molecule has 0 nitrogen and oxygen atoms in total. The van der Waals surface area contributed by atoms with Crippen LogP contribution in [0.15, 0.2) is 70.5 Å². The Morgan fingerprint density at radius 1 is 0.562 bits per heavy atom. The maximum Gasteiger partial charge on any atom is 0.00463 e. The van der Waals surface area contributed by atoms with Gasteiger partial charge >= 0.3 is 0 Å². The minimum absolute atomic E-state index is 0.940. The van der Waals surface area contributed by atoms with Crippen LogP contribution in [-0.2, 0) is 0 Å². The molecule has 80 valence electrons. The second kappa shape index (κ2) is 5.28. The molecule has 0 radical (unpaired) electrons. The normalized spacial score (nSPS) is 9.88. The minimum Gasteiger partial charge on any atom is -0.143 e. The van der Waals surface area contributed by atoms with Crippen molar-refractivity contribution in [2.45, 2.75) is 9.79 Å². The van der Waals surface area contributed by atoms with Gasteiger partial charge in [0.1, 0.15) is 0 Å². The zero-order valence-electron chi connectivity index (χ0n) is 8.67. The molecule has 0 N–H and O–H groups in total. The molecule has 0 aliphatic heterocycles. The predicted octanol–water partition coefficient (Wildman–Crippen LogP) is 4.54. The molecule has 2 rings (SSSR count). The molecule has 0 saturated carbocycles. The summed E-state index contributed by atoms with van der Waals surface area (Å²) in [5, 5.41) is 2.35. The van der Waals surface area contributed by atoms with Gasteiger partial charge in [0.2, 0.25) is 0 Å². The first-order chi connectivity index (χ1) is 7.75. The molecule has 0 heterocycles. The van der Waals surface area contributed by atoms with E-state index in [4.69, 9.17) is 0 Å². The molecule has 0 saturated heterocycles. The van der Waals surface area contributed by atoms with E-state index in [9.17, 15) is 0 Å². The van der Waals surface area contributed by atoms with Gasteiger partial charge in [0.15, 0.2) is 0 Å². The third-order valence-corrected chi connectivity index (χ3v) is 2.84. The molecule has 0 spiro atoms. The number of hydrogen-bond donors (Lipinski definition) is 2. The molecule has 0 bridgehead atoms. The van der Waals surface area contributed by atoms with Gasteiger partial charge in [0.25, 0.3) is 0 Å². The standard InChI is InChI=1S/C14H12S2/c15-13-6-2-1-4-12-10-14(16)9-8-11(12)5-3-7-13/h1-10,15-16H. The van der Waals surface area contributed by atoms with Crippen LogP contribution in [0.25, 0.3) is 10.8 Å². The second-order valence-corrected chi connectivity index (χ2v) is 4.51. The summed E-state index contributed by atoms with van der Waals surface area (Å²) in [7, 11) is 0. The van der Waals surface area contributed by atoms with E-state index in [1.807, 2.05) is 36.4 Å². The molecular formula is C14H12S2. The summed E-state index contributed by atoms with van der Waals surface area (Å²) in [6.45, 7) is 0. The summed E-state index contributed by atoms with van der Waals surface area (Å²) in [5.74, 6) is 0. The molecule has 2 aromatic rings. The van der Waals surface area contributed by atoms with Crippen molar-refractivity contribution in [3.05, 3.63) is 60.7 Å². The Bertz CT molecular complexity index is 557. The summed E-state index contributed by atoms with van der Waals surface area (Å²) >= 11 is 8.67. The molecule has 0 amide bonds. The summed E-state index contributed by atoms with van der Waals surface area (Å²) in [6, 6.07) is 20.2. The maximum atomic E-state index is 4.34. The summed E-state index contributed by atoms with van der Waals surface area (Å²) in [6.07, 6.45) is 0. The predicted molar refractivity (Wildman–Crippen MR) is 76.1 cm³/mol. The van der Waals surface area contributed by atoms with E-state index >= 15 is 0 Å². The Labute approximate surface area is 106 Å². The van der Waals surface area contributed by atoms with Crippen molar-refractivity contribution in [2.75, 3.05) is 0 Å². The molecule has 0 atom stereocenters. The zero-order chi connectivity index (χ0) is 11.4. The van der Waals surface area contributed by atoms with Gasteiger partial charge in [-0.3, -0.25) is 0 Å². The topological polar surface area (TPSA) is 0 Å². The smallest absolute Gasteiger partial charge is 0.00463 e. The molecule has 2 aromatic carbocycles. The molecule has 0 fully saturated rings. The number of benzene rings is 1. The van der Waals surface area contributed by atoms with E-state index < -0.39 is 0 Å². The van der Waals surface area contributed by atoms with Crippen LogP contribution in [0, 0.1) is 0 Å². The van der Waals surface area contributed by atoms with Crippen LogP contribution in [-0.4, -0.2) is 0 Å². The summed E-state index contributed by atoms with van der Waals surface area (Å²) < 4.78 is 0. The van der Waals surface area contributed by atoms with Crippen LogP contribution in [0.1, 0.15) is 0 Å². The van der Waals surface area contributed by atoms with Gasteiger partial charge in [-0.05, 0) is 35.0 Å². The Kier molecular flexibility index (Phi) is 3.75. The Morgan fingerprint density at radius 2 is 1.25 bits per heavy atom. The zero-order valence-corrected chi connectivity index (χ0v) is 10.5. The van der Waals surface area contributed by atoms with Crippen molar-refractivity contribution in [1.29, 1.82) is 0 Å². The highest BCUT2D eigenvalue weighted by Gasteiger charge is 1.89. The lowest BCUT2D eigenvalue weighted by Gasteiger charge is -1.95. The van der Waals surface area contributed by atoms with Crippen molar-refractivity contribution in [3.63, 3.8) is 0 Å². The molecule has 16 heavy (non-hydrogen) atoms. The highest BCUT2D eigenvalue weighted by molar-refractivity contribution is 7.80. The number of fused-ring (bicyclic) bond motifs is 1. The Balaban J connectivity index is 2.75. The lowest BCUT2D eigenvalue weighted by molar-refractivity contribution is 1.50. The molecule has 0 unspecified atom stereocenters. The first kappa shape index (κ1) is 11.4. The largest absolute Gasteiger partial charge is 0.143 e. The number of thiol groups is 2. The van der Waals surface area contributed by atoms with E-state index in [2.05, 4.69) is 49.5 Å². The van der Waals surface area contributed by atoms with Crippen LogP contribution < -0.4 is 0 Å². The van der Waals surface area contributed by atoms with Crippen molar-refractivity contribution >= 4 is 36.0 Å². The third kappa shape index (κ3) is 2.94. The average Bonchev–Trinajstić information content (AvgIpc) is 2.27. The monoisotopic (exact) mass is 244 g/mol. The lowest BCUT2D eigenvalue weighted by atomic mass is 10.2. The Morgan fingerprint density at radius 3 is 2.12 bits per heavy atom. The molecular weight excluding hydrogens is 232 g/mol. The SMILES string of the molecule is Sc1ccccc2cc(S)ccc2ccc1. The van der Waals surface area contributed by atoms with Gasteiger partial charge in [-0.2, -0.15) is 0 Å². The lowest BCUT2D eigenvalue weighted by Crippen LogP contribution is -1.69. The van der Waals surface area contributed by atoms with E-state index in [1.165, 1.54) is 10.8 Å². The van der Waals surface area contributed by atoms with E-state index in [-0.39, 0.29) is 0 Å². The van der Waals surface area contributed by atoms with Crippen molar-refractivity contribution in [1.82, 2.24) is 0 Å². The third-order valence-electron chi connectivity index (χ3n) is 2.27. The maximum absolute atomic E-state index is 4.34. The first-order valence-corrected chi connectivity index (χ1v) is 5.90. The number of hydrogen-bond acceptors (Lipinski definition) is 2. The van der Waals surface area contributed by atoms with Gasteiger partial charge in [-0.25, -0.2) is 0 Å². The van der Waals surface area contributed by atoms with Crippen LogP contribution in [0.5, 0.6) is 0 Å². The fraction of sp³-hybridized carbons (Fsp3) is 0. The highest BCUT2D eigenvalue weighted by atomic mass is 32.1. The second-order valence-electron chi connectivity index (χ2n) is 3.48. The quantitative estimate of drug-likeness (QED) is 0.624. The summed E-state index contributed by atoms with van der Waals surface area (Å²) in [4.78, 5) is 1.92. The van der Waals surface area contributed by atoms with Gasteiger partial charge in [-0.15, -0.1) is 25.3 Å². The van der Waals surface area contributed by atoms with E-state index in [0.717, 1.165) is 9.79 Å². The fourth-order valence-corrected chi connectivity index (χ4v) is 1.86. The van der Waals surface area contributed by atoms with Gasteiger partial charge in [0, 0.05) is 9.79 Å². The minimum atomic E-state index is 0.940. The van der Waals surface area contributed by atoms with Crippen molar-refractivity contribution < 1.29 is 0 Å². The van der Waals surface area contributed by atoms with Crippen molar-refractivity contribution in [2.24, 2.45) is 0 Å².